The second-order valence-corrected chi connectivity index (χ2v) is 6.84. The quantitative estimate of drug-likeness (QED) is 0.194. The maximum absolute atomic E-state index is 11.5. The van der Waals surface area contributed by atoms with Gasteiger partial charge >= 0.3 is 5.97 Å². The Labute approximate surface area is 180 Å². The van der Waals surface area contributed by atoms with Crippen LogP contribution < -0.4 is 15.4 Å². The molecule has 8 heteroatoms. The van der Waals surface area contributed by atoms with Gasteiger partial charge in [-0.15, -0.1) is 0 Å². The van der Waals surface area contributed by atoms with E-state index in [9.17, 15) is 4.79 Å². The Bertz CT molecular complexity index is 605. The van der Waals surface area contributed by atoms with Gasteiger partial charge in [-0.05, 0) is 57.9 Å². The van der Waals surface area contributed by atoms with E-state index < -0.39 is 0 Å². The molecule has 2 N–H and O–H groups in total. The highest BCUT2D eigenvalue weighted by Crippen LogP contribution is 2.16. The number of benzene rings is 1. The van der Waals surface area contributed by atoms with Crippen LogP contribution in [0.4, 0.5) is 5.69 Å². The fraction of sp³-hybridized carbons (Fsp3) is 0.636. The third kappa shape index (κ3) is 13.0. The van der Waals surface area contributed by atoms with Crippen molar-refractivity contribution in [3.63, 3.8) is 0 Å². The highest BCUT2D eigenvalue weighted by Gasteiger charge is 2.04. The largest absolute Gasteiger partial charge is 0.491 e. The number of hydrogen-bond donors (Lipinski definition) is 2. The number of rotatable bonds is 15. The van der Waals surface area contributed by atoms with Crippen molar-refractivity contribution in [3.05, 3.63) is 24.3 Å². The molecule has 8 nitrogen and oxygen atoms in total. The number of carbonyl (C=O) groups excluding carboxylic acids is 1. The number of methoxy groups -OCH3 is 1. The molecule has 0 fully saturated rings. The Morgan fingerprint density at radius 3 is 2.53 bits per heavy atom. The molecule has 0 amide bonds. The third-order valence-electron chi connectivity index (χ3n) is 3.79. The molecular weight excluding hydrogens is 386 g/mol. The summed E-state index contributed by atoms with van der Waals surface area (Å²) in [5.74, 6) is 1.29. The molecule has 1 aromatic rings. The number of guanidine groups is 1. The lowest BCUT2D eigenvalue weighted by molar-refractivity contribution is -0.143. The van der Waals surface area contributed by atoms with Gasteiger partial charge in [0.25, 0.3) is 0 Å². The molecule has 1 aromatic carbocycles. The number of esters is 1. The Kier molecular flexibility index (Phi) is 14.1. The molecule has 0 aliphatic rings. The van der Waals surface area contributed by atoms with Crippen molar-refractivity contribution >= 4 is 17.6 Å². The average molecular weight is 424 g/mol. The average Bonchev–Trinajstić information content (AvgIpc) is 2.71. The first-order valence-corrected chi connectivity index (χ1v) is 10.6. The molecule has 30 heavy (non-hydrogen) atoms. The number of anilines is 1. The van der Waals surface area contributed by atoms with E-state index in [0.29, 0.717) is 58.3 Å². The SMILES string of the molecule is CCOC(=O)CCCN=C(NCCCOCCOC)Nc1ccc(OC(C)C)cc1. The van der Waals surface area contributed by atoms with Gasteiger partial charge in [-0.25, -0.2) is 0 Å². The summed E-state index contributed by atoms with van der Waals surface area (Å²) in [5.41, 5.74) is 0.902. The Hall–Kier alpha value is -2.32. The van der Waals surface area contributed by atoms with Gasteiger partial charge < -0.3 is 29.6 Å². The number of aliphatic imine (C=N–C) groups is 1. The van der Waals surface area contributed by atoms with Crippen molar-refractivity contribution in [1.29, 1.82) is 0 Å². The van der Waals surface area contributed by atoms with Gasteiger partial charge in [-0.1, -0.05) is 0 Å². The molecular formula is C22H37N3O5. The smallest absolute Gasteiger partial charge is 0.305 e. The van der Waals surface area contributed by atoms with Crippen LogP contribution in [-0.2, 0) is 19.0 Å². The Morgan fingerprint density at radius 2 is 1.87 bits per heavy atom. The normalized spacial score (nSPS) is 11.4. The molecule has 0 spiro atoms. The molecule has 0 aliphatic carbocycles. The number of nitrogens with zero attached hydrogens (tertiary/aromatic N) is 1. The van der Waals surface area contributed by atoms with Crippen LogP contribution in [0.15, 0.2) is 29.3 Å². The van der Waals surface area contributed by atoms with Gasteiger partial charge in [0, 0.05) is 38.9 Å². The molecule has 0 saturated carbocycles. The highest BCUT2D eigenvalue weighted by atomic mass is 16.5. The van der Waals surface area contributed by atoms with Gasteiger partial charge in [0.2, 0.25) is 0 Å². The zero-order chi connectivity index (χ0) is 22.0. The standard InChI is InChI=1S/C22H37N3O5/c1-5-29-21(26)8-6-13-23-22(24-14-7-15-28-17-16-27-4)25-19-9-11-20(12-10-19)30-18(2)3/h9-12,18H,5-8,13-17H2,1-4H3,(H2,23,24,25). The lowest BCUT2D eigenvalue weighted by Crippen LogP contribution is -2.32. The first kappa shape index (κ1) is 25.7. The second-order valence-electron chi connectivity index (χ2n) is 6.84. The van der Waals surface area contributed by atoms with E-state index in [1.807, 2.05) is 38.1 Å². The Morgan fingerprint density at radius 1 is 1.10 bits per heavy atom. The summed E-state index contributed by atoms with van der Waals surface area (Å²) >= 11 is 0. The topological polar surface area (TPSA) is 90.4 Å². The van der Waals surface area contributed by atoms with Gasteiger partial charge in [-0.2, -0.15) is 0 Å². The van der Waals surface area contributed by atoms with E-state index in [1.165, 1.54) is 0 Å². The fourth-order valence-corrected chi connectivity index (χ4v) is 2.44. The first-order chi connectivity index (χ1) is 14.5. The molecule has 0 bridgehead atoms. The van der Waals surface area contributed by atoms with Crippen LogP contribution >= 0.6 is 0 Å². The molecule has 1 rings (SSSR count). The van der Waals surface area contributed by atoms with E-state index in [4.69, 9.17) is 18.9 Å². The minimum Gasteiger partial charge on any atom is -0.491 e. The minimum absolute atomic E-state index is 0.133. The van der Waals surface area contributed by atoms with Crippen LogP contribution in [0.3, 0.4) is 0 Å². The molecule has 0 aromatic heterocycles. The van der Waals surface area contributed by atoms with Crippen LogP contribution in [0.25, 0.3) is 0 Å². The van der Waals surface area contributed by atoms with Crippen molar-refractivity contribution in [1.82, 2.24) is 5.32 Å². The van der Waals surface area contributed by atoms with Crippen molar-refractivity contribution in [2.75, 3.05) is 51.9 Å². The molecule has 0 atom stereocenters. The van der Waals surface area contributed by atoms with Gasteiger partial charge in [0.15, 0.2) is 5.96 Å². The summed E-state index contributed by atoms with van der Waals surface area (Å²) in [7, 11) is 1.66. The van der Waals surface area contributed by atoms with Crippen molar-refractivity contribution in [3.8, 4) is 5.75 Å². The van der Waals surface area contributed by atoms with Crippen LogP contribution in [-0.4, -0.2) is 64.7 Å². The summed E-state index contributed by atoms with van der Waals surface area (Å²) in [6, 6.07) is 7.73. The summed E-state index contributed by atoms with van der Waals surface area (Å²) in [6.45, 7) is 9.27. The monoisotopic (exact) mass is 423 g/mol. The summed E-state index contributed by atoms with van der Waals surface area (Å²) in [6.07, 6.45) is 1.97. The van der Waals surface area contributed by atoms with Crippen molar-refractivity contribution in [2.24, 2.45) is 4.99 Å². The summed E-state index contributed by atoms with van der Waals surface area (Å²) < 4.78 is 21.1. The zero-order valence-electron chi connectivity index (χ0n) is 18.7. The molecule has 0 aliphatic heterocycles. The van der Waals surface area contributed by atoms with Crippen molar-refractivity contribution in [2.45, 2.75) is 46.1 Å². The Balaban J connectivity index is 2.53. The molecule has 170 valence electrons. The van der Waals surface area contributed by atoms with E-state index in [2.05, 4.69) is 15.6 Å². The zero-order valence-corrected chi connectivity index (χ0v) is 18.7. The molecule has 0 unspecified atom stereocenters. The maximum Gasteiger partial charge on any atom is 0.305 e. The predicted molar refractivity (Wildman–Crippen MR) is 119 cm³/mol. The number of ether oxygens (including phenoxy) is 4. The van der Waals surface area contributed by atoms with Crippen LogP contribution in [0.1, 0.15) is 40.0 Å². The number of nitrogens with one attached hydrogen (secondary N) is 2. The van der Waals surface area contributed by atoms with Crippen LogP contribution in [0.2, 0.25) is 0 Å². The van der Waals surface area contributed by atoms with Crippen molar-refractivity contribution < 1.29 is 23.7 Å². The lowest BCUT2D eigenvalue weighted by atomic mass is 10.3. The third-order valence-corrected chi connectivity index (χ3v) is 3.79. The first-order valence-electron chi connectivity index (χ1n) is 10.6. The van der Waals surface area contributed by atoms with E-state index >= 15 is 0 Å². The fourth-order valence-electron chi connectivity index (χ4n) is 2.44. The van der Waals surface area contributed by atoms with Crippen LogP contribution in [0, 0.1) is 0 Å². The van der Waals surface area contributed by atoms with E-state index in [-0.39, 0.29) is 12.1 Å². The second kappa shape index (κ2) is 16.5. The maximum atomic E-state index is 11.5. The summed E-state index contributed by atoms with van der Waals surface area (Å²) in [5, 5.41) is 6.59. The van der Waals surface area contributed by atoms with Gasteiger partial charge in [0.05, 0.1) is 25.9 Å². The minimum atomic E-state index is -0.191. The van der Waals surface area contributed by atoms with E-state index in [1.54, 1.807) is 14.0 Å². The van der Waals surface area contributed by atoms with Gasteiger partial charge in [-0.3, -0.25) is 9.79 Å². The predicted octanol–water partition coefficient (Wildman–Crippen LogP) is 3.23. The molecule has 0 saturated heterocycles. The number of carbonyl (C=O) groups is 1. The highest BCUT2D eigenvalue weighted by molar-refractivity contribution is 5.93. The number of hydrogen-bond acceptors (Lipinski definition) is 6. The van der Waals surface area contributed by atoms with Gasteiger partial charge in [0.1, 0.15) is 5.75 Å². The lowest BCUT2D eigenvalue weighted by Gasteiger charge is -2.14. The summed E-state index contributed by atoms with van der Waals surface area (Å²) in [4.78, 5) is 16.0. The molecule has 0 heterocycles. The molecule has 0 radical (unpaired) electrons. The van der Waals surface area contributed by atoms with E-state index in [0.717, 1.165) is 17.9 Å². The van der Waals surface area contributed by atoms with Crippen LogP contribution in [0.5, 0.6) is 5.75 Å².